The molecule has 1 amide bonds. The molecule has 9 heteroatoms. The Morgan fingerprint density at radius 1 is 1.24 bits per heavy atom. The van der Waals surface area contributed by atoms with Crippen LogP contribution >= 0.6 is 0 Å². The van der Waals surface area contributed by atoms with Gasteiger partial charge in [0.1, 0.15) is 11.6 Å². The van der Waals surface area contributed by atoms with E-state index in [0.29, 0.717) is 32.1 Å². The molecule has 34 heavy (non-hydrogen) atoms. The molecule has 1 saturated heterocycles. The van der Waals surface area contributed by atoms with E-state index in [2.05, 4.69) is 15.0 Å². The number of nitrogens with two attached hydrogens (primary N) is 2. The lowest BCUT2D eigenvalue weighted by Crippen LogP contribution is -2.47. The van der Waals surface area contributed by atoms with E-state index in [1.807, 2.05) is 55.2 Å². The standard InChI is InChI=1S/C25H35N7O2/c1-4-34-24-9-8-23(28-16-24)18-30-11-13-31(14-12-30)25(33)10-7-21-6-5-19(2)15-22(21)17-32(27)29-20(3)26/h5-10,15-16H,4,11-14,17-18,27H2,1-3H3,(H2,26,29)/b10-7+. The largest absolute Gasteiger partial charge is 0.492 e. The van der Waals surface area contributed by atoms with Crippen LogP contribution in [0.25, 0.3) is 6.08 Å². The molecule has 182 valence electrons. The van der Waals surface area contributed by atoms with E-state index >= 15 is 0 Å². The van der Waals surface area contributed by atoms with Gasteiger partial charge in [0.2, 0.25) is 5.91 Å². The summed E-state index contributed by atoms with van der Waals surface area (Å²) in [5.74, 6) is 7.12. The van der Waals surface area contributed by atoms with Crippen molar-refractivity contribution in [3.8, 4) is 5.75 Å². The fourth-order valence-corrected chi connectivity index (χ4v) is 3.82. The zero-order chi connectivity index (χ0) is 24.5. The molecular weight excluding hydrogens is 430 g/mol. The number of amidine groups is 1. The second-order valence-electron chi connectivity index (χ2n) is 8.39. The first kappa shape index (κ1) is 25.2. The van der Waals surface area contributed by atoms with Gasteiger partial charge in [0.05, 0.1) is 25.0 Å². The molecule has 1 fully saturated rings. The zero-order valence-electron chi connectivity index (χ0n) is 20.3. The van der Waals surface area contributed by atoms with Crippen molar-refractivity contribution < 1.29 is 9.53 Å². The third-order valence-corrected chi connectivity index (χ3v) is 5.50. The number of hydrazine groups is 1. The highest BCUT2D eigenvalue weighted by Crippen LogP contribution is 2.16. The third-order valence-electron chi connectivity index (χ3n) is 5.50. The fourth-order valence-electron chi connectivity index (χ4n) is 3.82. The Labute approximate surface area is 201 Å². The normalized spacial score (nSPS) is 15.1. The fraction of sp³-hybridized carbons (Fsp3) is 0.400. The lowest BCUT2D eigenvalue weighted by molar-refractivity contribution is -0.127. The summed E-state index contributed by atoms with van der Waals surface area (Å²) in [7, 11) is 0. The molecule has 1 aliphatic rings. The van der Waals surface area contributed by atoms with Gasteiger partial charge in [-0.15, -0.1) is 5.10 Å². The van der Waals surface area contributed by atoms with Crippen molar-refractivity contribution in [3.63, 3.8) is 0 Å². The number of nitrogens with zero attached hydrogens (tertiary/aromatic N) is 5. The third kappa shape index (κ3) is 7.57. The van der Waals surface area contributed by atoms with E-state index < -0.39 is 0 Å². The highest BCUT2D eigenvalue weighted by molar-refractivity contribution is 5.92. The Kier molecular flexibility index (Phi) is 9.00. The number of rotatable bonds is 9. The van der Waals surface area contributed by atoms with Crippen LogP contribution in [-0.4, -0.2) is 64.4 Å². The number of pyridine rings is 1. The molecule has 0 atom stereocenters. The maximum Gasteiger partial charge on any atom is 0.246 e. The minimum atomic E-state index is 0.00537. The van der Waals surface area contributed by atoms with Gasteiger partial charge in [0.15, 0.2) is 0 Å². The van der Waals surface area contributed by atoms with Crippen molar-refractivity contribution in [1.82, 2.24) is 19.9 Å². The number of hydrogen-bond acceptors (Lipinski definition) is 7. The number of benzene rings is 1. The molecule has 0 spiro atoms. The minimum Gasteiger partial charge on any atom is -0.492 e. The molecular formula is C25H35N7O2. The molecule has 0 radical (unpaired) electrons. The van der Waals surface area contributed by atoms with Crippen LogP contribution < -0.4 is 16.3 Å². The first-order chi connectivity index (χ1) is 16.3. The molecule has 1 aromatic carbocycles. The van der Waals surface area contributed by atoms with E-state index in [1.165, 1.54) is 5.12 Å². The highest BCUT2D eigenvalue weighted by atomic mass is 16.5. The van der Waals surface area contributed by atoms with Gasteiger partial charge in [0.25, 0.3) is 0 Å². The maximum absolute atomic E-state index is 12.8. The summed E-state index contributed by atoms with van der Waals surface area (Å²) in [5, 5.41) is 5.36. The molecule has 0 saturated carbocycles. The van der Waals surface area contributed by atoms with Gasteiger partial charge >= 0.3 is 0 Å². The zero-order valence-corrected chi connectivity index (χ0v) is 20.3. The average Bonchev–Trinajstić information content (AvgIpc) is 2.80. The number of piperazine rings is 1. The summed E-state index contributed by atoms with van der Waals surface area (Å²) in [6.45, 7) is 10.4. The Bertz CT molecular complexity index is 1010. The van der Waals surface area contributed by atoms with Crippen LogP contribution in [0.4, 0.5) is 0 Å². The Hall–Kier alpha value is -3.43. The maximum atomic E-state index is 12.8. The molecule has 1 aliphatic heterocycles. The molecule has 3 rings (SSSR count). The van der Waals surface area contributed by atoms with Crippen molar-refractivity contribution in [1.29, 1.82) is 0 Å². The van der Waals surface area contributed by atoms with Gasteiger partial charge in [-0.3, -0.25) is 14.7 Å². The molecule has 0 unspecified atom stereocenters. The molecule has 2 aromatic rings. The van der Waals surface area contributed by atoms with E-state index in [1.54, 1.807) is 19.2 Å². The Morgan fingerprint density at radius 2 is 2.00 bits per heavy atom. The Morgan fingerprint density at radius 3 is 2.65 bits per heavy atom. The smallest absolute Gasteiger partial charge is 0.246 e. The average molecular weight is 466 g/mol. The summed E-state index contributed by atoms with van der Waals surface area (Å²) in [5.41, 5.74) is 9.63. The predicted octanol–water partition coefficient (Wildman–Crippen LogP) is 2.11. The topological polar surface area (TPSA) is 113 Å². The summed E-state index contributed by atoms with van der Waals surface area (Å²) in [6.07, 6.45) is 5.24. The van der Waals surface area contributed by atoms with Gasteiger partial charge < -0.3 is 15.4 Å². The number of hydrazone groups is 1. The van der Waals surface area contributed by atoms with Gasteiger partial charge in [-0.05, 0) is 50.1 Å². The van der Waals surface area contributed by atoms with E-state index in [-0.39, 0.29) is 5.91 Å². The Balaban J connectivity index is 1.54. The minimum absolute atomic E-state index is 0.00537. The number of hydrogen-bond donors (Lipinski definition) is 2. The number of carbonyl (C=O) groups is 1. The summed E-state index contributed by atoms with van der Waals surface area (Å²) in [6, 6.07) is 9.98. The van der Waals surface area contributed by atoms with E-state index in [9.17, 15) is 4.79 Å². The van der Waals surface area contributed by atoms with Crippen LogP contribution in [0, 0.1) is 6.92 Å². The molecule has 0 aliphatic carbocycles. The second kappa shape index (κ2) is 12.2. The van der Waals surface area contributed by atoms with E-state index in [4.69, 9.17) is 16.3 Å². The van der Waals surface area contributed by atoms with Crippen LogP contribution in [0.2, 0.25) is 0 Å². The second-order valence-corrected chi connectivity index (χ2v) is 8.39. The molecule has 2 heterocycles. The number of ether oxygens (including phenoxy) is 1. The first-order valence-corrected chi connectivity index (χ1v) is 11.5. The number of aromatic nitrogens is 1. The van der Waals surface area contributed by atoms with E-state index in [0.717, 1.165) is 47.8 Å². The van der Waals surface area contributed by atoms with Crippen LogP contribution in [0.5, 0.6) is 5.75 Å². The molecule has 4 N–H and O–H groups in total. The summed E-state index contributed by atoms with van der Waals surface area (Å²) in [4.78, 5) is 21.5. The van der Waals surface area contributed by atoms with Gasteiger partial charge in [-0.1, -0.05) is 23.8 Å². The summed E-state index contributed by atoms with van der Waals surface area (Å²) >= 11 is 0. The highest BCUT2D eigenvalue weighted by Gasteiger charge is 2.20. The van der Waals surface area contributed by atoms with Crippen LogP contribution in [0.15, 0.2) is 47.7 Å². The van der Waals surface area contributed by atoms with Crippen molar-refractivity contribution in [2.75, 3.05) is 32.8 Å². The SMILES string of the molecule is CCOc1ccc(CN2CCN(C(=O)/C=C/c3ccc(C)cc3CN(N)/N=C(/C)N)CC2)nc1. The van der Waals surface area contributed by atoms with Gasteiger partial charge in [-0.2, -0.15) is 0 Å². The van der Waals surface area contributed by atoms with Gasteiger partial charge in [0, 0.05) is 38.8 Å². The lowest BCUT2D eigenvalue weighted by Gasteiger charge is -2.34. The van der Waals surface area contributed by atoms with Crippen molar-refractivity contribution in [2.45, 2.75) is 33.9 Å². The molecule has 0 bridgehead atoms. The van der Waals surface area contributed by atoms with Crippen LogP contribution in [0.3, 0.4) is 0 Å². The lowest BCUT2D eigenvalue weighted by atomic mass is 10.0. The monoisotopic (exact) mass is 465 g/mol. The van der Waals surface area contributed by atoms with Crippen molar-refractivity contribution in [2.24, 2.45) is 16.7 Å². The van der Waals surface area contributed by atoms with Crippen molar-refractivity contribution in [3.05, 3.63) is 65.0 Å². The van der Waals surface area contributed by atoms with Gasteiger partial charge in [-0.25, -0.2) is 11.0 Å². The van der Waals surface area contributed by atoms with Crippen molar-refractivity contribution >= 4 is 17.8 Å². The number of aryl methyl sites for hydroxylation is 1. The quantitative estimate of drug-likeness (QED) is 0.192. The first-order valence-electron chi connectivity index (χ1n) is 11.5. The molecule has 9 nitrogen and oxygen atoms in total. The number of amides is 1. The predicted molar refractivity (Wildman–Crippen MR) is 135 cm³/mol. The molecule has 1 aromatic heterocycles. The van der Waals surface area contributed by atoms with Crippen LogP contribution in [-0.2, 0) is 17.9 Å². The number of carbonyl (C=O) groups excluding carboxylic acids is 1. The van der Waals surface area contributed by atoms with Crippen LogP contribution in [0.1, 0.15) is 36.2 Å². The summed E-state index contributed by atoms with van der Waals surface area (Å²) < 4.78 is 5.45.